The number of hydrogen-bond acceptors (Lipinski definition) is 1. The summed E-state index contributed by atoms with van der Waals surface area (Å²) in [6.45, 7) is 0. The molecule has 0 fully saturated rings. The first-order valence-electron chi connectivity index (χ1n) is 5.92. The van der Waals surface area contributed by atoms with Crippen molar-refractivity contribution in [1.82, 2.24) is 0 Å². The molecule has 0 atom stereocenters. The molecule has 1 heterocycles. The standard InChI is InChI=1S/C15H16OTe/c16-14(10-11-15-7-4-12-17-15)9-8-13-5-2-1-3-6-13/h1-7,12H,8-11H2. The third-order valence-electron chi connectivity index (χ3n) is 2.77. The molecular weight excluding hydrogens is 324 g/mol. The summed E-state index contributed by atoms with van der Waals surface area (Å²) < 4.78 is 3.79. The molecule has 2 aromatic rings. The zero-order chi connectivity index (χ0) is 11.9. The fourth-order valence-corrected chi connectivity index (χ4v) is 3.79. The maximum absolute atomic E-state index is 11.7. The predicted molar refractivity (Wildman–Crippen MR) is 71.5 cm³/mol. The fourth-order valence-electron chi connectivity index (χ4n) is 1.77. The molecule has 0 radical (unpaired) electrons. The van der Waals surface area contributed by atoms with Crippen molar-refractivity contribution in [1.29, 1.82) is 0 Å². The zero-order valence-corrected chi connectivity index (χ0v) is 12.1. The van der Waals surface area contributed by atoms with Gasteiger partial charge >= 0.3 is 112 Å². The molecule has 17 heavy (non-hydrogen) atoms. The number of rotatable bonds is 6. The van der Waals surface area contributed by atoms with Crippen LogP contribution >= 0.6 is 0 Å². The van der Waals surface area contributed by atoms with Crippen molar-refractivity contribution >= 4 is 26.2 Å². The van der Waals surface area contributed by atoms with Gasteiger partial charge in [0, 0.05) is 0 Å². The topological polar surface area (TPSA) is 17.1 Å². The van der Waals surface area contributed by atoms with Gasteiger partial charge in [0.05, 0.1) is 0 Å². The van der Waals surface area contributed by atoms with E-state index in [0.717, 1.165) is 19.3 Å². The molecular formula is C15H16OTe. The monoisotopic (exact) mass is 342 g/mol. The molecule has 0 saturated heterocycles. The van der Waals surface area contributed by atoms with E-state index in [1.54, 1.807) is 0 Å². The van der Waals surface area contributed by atoms with Crippen LogP contribution in [0, 0.1) is 0 Å². The number of carbonyl (C=O) groups is 1. The van der Waals surface area contributed by atoms with Gasteiger partial charge in [0.2, 0.25) is 0 Å². The molecule has 2 heteroatoms. The molecule has 1 aromatic heterocycles. The van der Waals surface area contributed by atoms with E-state index < -0.39 is 0 Å². The number of carbonyl (C=O) groups excluding carboxylic acids is 1. The van der Waals surface area contributed by atoms with Crippen molar-refractivity contribution in [3.05, 3.63) is 55.7 Å². The first-order chi connectivity index (χ1) is 8.34. The van der Waals surface area contributed by atoms with Gasteiger partial charge in [-0.25, -0.2) is 0 Å². The summed E-state index contributed by atoms with van der Waals surface area (Å²) in [6.07, 6.45) is 3.28. The van der Waals surface area contributed by atoms with E-state index in [1.165, 1.54) is 9.14 Å². The van der Waals surface area contributed by atoms with Crippen LogP contribution in [0.5, 0.6) is 0 Å². The van der Waals surface area contributed by atoms with E-state index in [0.29, 0.717) is 12.2 Å². The van der Waals surface area contributed by atoms with Crippen LogP contribution in [0.1, 0.15) is 22.0 Å². The van der Waals surface area contributed by atoms with Crippen LogP contribution in [-0.4, -0.2) is 26.2 Å². The molecule has 0 amide bonds. The second-order valence-corrected chi connectivity index (χ2v) is 7.05. The number of hydrogen-bond donors (Lipinski definition) is 0. The van der Waals surface area contributed by atoms with Crippen LogP contribution in [0.4, 0.5) is 0 Å². The second-order valence-electron chi connectivity index (χ2n) is 4.10. The third kappa shape index (κ3) is 4.50. The average Bonchev–Trinajstić information content (AvgIpc) is 2.88. The fraction of sp³-hybridized carbons (Fsp3) is 0.267. The minimum absolute atomic E-state index is 0.0481. The van der Waals surface area contributed by atoms with Crippen molar-refractivity contribution in [3.63, 3.8) is 0 Å². The Kier molecular flexibility index (Phi) is 5.04. The average molecular weight is 340 g/mol. The molecule has 1 nitrogen and oxygen atoms in total. The summed E-state index contributed by atoms with van der Waals surface area (Å²) in [5.74, 6) is 0.397. The summed E-state index contributed by atoms with van der Waals surface area (Å²) in [7, 11) is 0. The molecule has 0 aliphatic carbocycles. The van der Waals surface area contributed by atoms with Crippen LogP contribution in [0.3, 0.4) is 0 Å². The summed E-state index contributed by atoms with van der Waals surface area (Å²) in [5, 5.41) is 0. The van der Waals surface area contributed by atoms with Gasteiger partial charge in [0.25, 0.3) is 0 Å². The minimum atomic E-state index is -0.0481. The van der Waals surface area contributed by atoms with Crippen LogP contribution < -0.4 is 0 Å². The third-order valence-corrected chi connectivity index (χ3v) is 5.44. The summed E-state index contributed by atoms with van der Waals surface area (Å²) in [5.41, 5.74) is 1.26. The predicted octanol–water partition coefficient (Wildman–Crippen LogP) is 2.88. The van der Waals surface area contributed by atoms with Gasteiger partial charge in [-0.15, -0.1) is 0 Å². The van der Waals surface area contributed by atoms with Gasteiger partial charge in [-0.3, -0.25) is 0 Å². The molecule has 0 spiro atoms. The molecule has 88 valence electrons. The van der Waals surface area contributed by atoms with Gasteiger partial charge in [0.15, 0.2) is 0 Å². The quantitative estimate of drug-likeness (QED) is 0.740. The molecule has 0 unspecified atom stereocenters. The first kappa shape index (κ1) is 12.6. The zero-order valence-electron chi connectivity index (χ0n) is 9.76. The Labute approximate surface area is 112 Å². The van der Waals surface area contributed by atoms with Gasteiger partial charge < -0.3 is 0 Å². The van der Waals surface area contributed by atoms with Crippen LogP contribution in [0.15, 0.2) is 46.5 Å². The van der Waals surface area contributed by atoms with Crippen LogP contribution in [-0.2, 0) is 17.6 Å². The van der Waals surface area contributed by atoms with E-state index in [1.807, 2.05) is 18.2 Å². The van der Waals surface area contributed by atoms with Crippen LogP contribution in [0.25, 0.3) is 0 Å². The van der Waals surface area contributed by atoms with Crippen molar-refractivity contribution in [2.45, 2.75) is 25.7 Å². The van der Waals surface area contributed by atoms with Crippen molar-refractivity contribution < 1.29 is 4.79 Å². The Morgan fingerprint density at radius 3 is 2.41 bits per heavy atom. The van der Waals surface area contributed by atoms with E-state index in [2.05, 4.69) is 28.3 Å². The molecule has 2 rings (SSSR count). The van der Waals surface area contributed by atoms with E-state index in [4.69, 9.17) is 0 Å². The Hall–Kier alpha value is -0.840. The molecule has 0 N–H and O–H groups in total. The van der Waals surface area contributed by atoms with Gasteiger partial charge in [-0.1, -0.05) is 0 Å². The molecule has 0 aliphatic heterocycles. The molecule has 0 bridgehead atoms. The summed E-state index contributed by atoms with van der Waals surface area (Å²) >= 11 is -0.0481. The second kappa shape index (κ2) is 6.79. The van der Waals surface area contributed by atoms with E-state index >= 15 is 0 Å². The van der Waals surface area contributed by atoms with Crippen molar-refractivity contribution in [2.24, 2.45) is 0 Å². The van der Waals surface area contributed by atoms with Gasteiger partial charge in [-0.05, 0) is 0 Å². The Bertz CT molecular complexity index is 445. The molecule has 0 aliphatic rings. The first-order valence-corrected chi connectivity index (χ1v) is 8.43. The SMILES string of the molecule is O=C(CCc1ccccc1)CCc1ccc[te]1. The van der Waals surface area contributed by atoms with Crippen molar-refractivity contribution in [3.8, 4) is 0 Å². The Morgan fingerprint density at radius 2 is 1.71 bits per heavy atom. The number of ketones is 1. The maximum atomic E-state index is 11.7. The normalized spacial score (nSPS) is 10.4. The van der Waals surface area contributed by atoms with Gasteiger partial charge in [0.1, 0.15) is 0 Å². The molecule has 0 saturated carbocycles. The van der Waals surface area contributed by atoms with E-state index in [-0.39, 0.29) is 20.4 Å². The summed E-state index contributed by atoms with van der Waals surface area (Å²) in [4.78, 5) is 11.7. The molecule has 1 aromatic carbocycles. The van der Waals surface area contributed by atoms with Gasteiger partial charge in [-0.2, -0.15) is 0 Å². The summed E-state index contributed by atoms with van der Waals surface area (Å²) in [6, 6.07) is 14.6. The Balaban J connectivity index is 1.71. The number of aryl methyl sites for hydroxylation is 2. The Morgan fingerprint density at radius 1 is 0.941 bits per heavy atom. The van der Waals surface area contributed by atoms with E-state index in [9.17, 15) is 4.79 Å². The number of benzene rings is 1. The van der Waals surface area contributed by atoms with Crippen molar-refractivity contribution in [2.75, 3.05) is 0 Å². The number of Topliss-reactive ketones (excluding diaryl/α,β-unsaturated/α-hetero) is 1. The van der Waals surface area contributed by atoms with Crippen LogP contribution in [0.2, 0.25) is 0 Å².